The van der Waals surface area contributed by atoms with Gasteiger partial charge >= 0.3 is 0 Å². The fraction of sp³-hybridized carbons (Fsp3) is 0.273. The molecule has 0 unspecified atom stereocenters. The van der Waals surface area contributed by atoms with Crippen LogP contribution in [0.15, 0.2) is 70.5 Å². The summed E-state index contributed by atoms with van der Waals surface area (Å²) in [6.07, 6.45) is 5.20. The minimum atomic E-state index is -0.133. The summed E-state index contributed by atoms with van der Waals surface area (Å²) in [7, 11) is 0. The van der Waals surface area contributed by atoms with E-state index in [1.807, 2.05) is 60.7 Å². The molecule has 1 fully saturated rings. The largest absolute Gasteiger partial charge is 0.271 e. The number of imide groups is 1. The first-order chi connectivity index (χ1) is 12.8. The molecule has 1 aliphatic carbocycles. The van der Waals surface area contributed by atoms with Gasteiger partial charge in [-0.1, -0.05) is 79.6 Å². The molecule has 1 aliphatic heterocycles. The molecule has 26 heavy (non-hydrogen) atoms. The number of hydrogen-bond donors (Lipinski definition) is 0. The molecule has 0 aromatic heterocycles. The summed E-state index contributed by atoms with van der Waals surface area (Å²) in [5, 5.41) is 0. The molecule has 3 nitrogen and oxygen atoms in total. The van der Waals surface area contributed by atoms with Gasteiger partial charge in [0.2, 0.25) is 0 Å². The van der Waals surface area contributed by atoms with Gasteiger partial charge in [-0.25, -0.2) is 0 Å². The Morgan fingerprint density at radius 1 is 0.769 bits per heavy atom. The summed E-state index contributed by atoms with van der Waals surface area (Å²) in [6, 6.07) is 19.4. The summed E-state index contributed by atoms with van der Waals surface area (Å²) >= 11 is 1.40. The van der Waals surface area contributed by atoms with Crippen LogP contribution in [-0.2, 0) is 9.59 Å². The third-order valence-corrected chi connectivity index (χ3v) is 6.13. The Kier molecular flexibility index (Phi) is 4.93. The van der Waals surface area contributed by atoms with E-state index in [0.29, 0.717) is 10.5 Å². The second kappa shape index (κ2) is 7.50. The van der Waals surface area contributed by atoms with Gasteiger partial charge in [0.1, 0.15) is 0 Å². The molecular weight excluding hydrogens is 342 g/mol. The highest BCUT2D eigenvalue weighted by atomic mass is 32.2. The molecule has 2 aromatic carbocycles. The summed E-state index contributed by atoms with van der Waals surface area (Å²) in [5.74, 6) is -0.263. The van der Waals surface area contributed by atoms with Crippen LogP contribution in [0.4, 0.5) is 0 Å². The lowest BCUT2D eigenvalue weighted by Gasteiger charge is -2.29. The van der Waals surface area contributed by atoms with Gasteiger partial charge in [-0.2, -0.15) is 0 Å². The van der Waals surface area contributed by atoms with Crippen LogP contribution >= 0.6 is 11.8 Å². The Bertz CT molecular complexity index is 839. The maximum atomic E-state index is 13.3. The van der Waals surface area contributed by atoms with Gasteiger partial charge < -0.3 is 0 Å². The van der Waals surface area contributed by atoms with Gasteiger partial charge in [0.05, 0.1) is 10.5 Å². The van der Waals surface area contributed by atoms with Crippen LogP contribution in [0, 0.1) is 0 Å². The molecule has 4 heteroatoms. The first-order valence-corrected chi connectivity index (χ1v) is 9.98. The maximum Gasteiger partial charge on any atom is 0.268 e. The smallest absolute Gasteiger partial charge is 0.268 e. The Hall–Kier alpha value is -2.33. The lowest BCUT2D eigenvalue weighted by Crippen LogP contribution is -2.42. The van der Waals surface area contributed by atoms with Crippen molar-refractivity contribution in [3.05, 3.63) is 71.1 Å². The third-order valence-electron chi connectivity index (χ3n) is 5.04. The summed E-state index contributed by atoms with van der Waals surface area (Å²) in [5.41, 5.74) is 1.37. The highest BCUT2D eigenvalue weighted by molar-refractivity contribution is 8.04. The summed E-state index contributed by atoms with van der Waals surface area (Å²) in [6.45, 7) is 0. The summed E-state index contributed by atoms with van der Waals surface area (Å²) < 4.78 is 0. The van der Waals surface area contributed by atoms with Gasteiger partial charge in [-0.3, -0.25) is 14.5 Å². The zero-order chi connectivity index (χ0) is 17.9. The van der Waals surface area contributed by atoms with E-state index in [4.69, 9.17) is 0 Å². The molecule has 132 valence electrons. The van der Waals surface area contributed by atoms with E-state index in [1.54, 1.807) is 0 Å². The zero-order valence-corrected chi connectivity index (χ0v) is 15.4. The maximum absolute atomic E-state index is 13.3. The topological polar surface area (TPSA) is 37.4 Å². The van der Waals surface area contributed by atoms with Gasteiger partial charge in [0.15, 0.2) is 0 Å². The number of nitrogens with zero attached hydrogens (tertiary/aromatic N) is 1. The minimum absolute atomic E-state index is 0.0383. The molecule has 0 saturated heterocycles. The number of carbonyl (C=O) groups excluding carboxylic acids is 2. The number of thioether (sulfide) groups is 1. The fourth-order valence-electron chi connectivity index (χ4n) is 3.76. The van der Waals surface area contributed by atoms with Crippen molar-refractivity contribution in [1.82, 2.24) is 4.90 Å². The molecule has 2 aromatic rings. The average molecular weight is 363 g/mol. The van der Waals surface area contributed by atoms with E-state index in [2.05, 4.69) is 0 Å². The van der Waals surface area contributed by atoms with Crippen LogP contribution in [0.25, 0.3) is 5.57 Å². The second-order valence-corrected chi connectivity index (χ2v) is 7.84. The van der Waals surface area contributed by atoms with Crippen LogP contribution in [0.2, 0.25) is 0 Å². The van der Waals surface area contributed by atoms with Crippen molar-refractivity contribution in [2.24, 2.45) is 0 Å². The van der Waals surface area contributed by atoms with Crippen LogP contribution in [-0.4, -0.2) is 22.8 Å². The van der Waals surface area contributed by atoms with Gasteiger partial charge in [0.25, 0.3) is 11.8 Å². The number of carbonyl (C=O) groups is 2. The Balaban J connectivity index is 1.74. The molecule has 0 radical (unpaired) electrons. The van der Waals surface area contributed by atoms with E-state index in [0.717, 1.165) is 36.1 Å². The van der Waals surface area contributed by atoms with Crippen LogP contribution in [0.1, 0.15) is 37.7 Å². The first-order valence-electron chi connectivity index (χ1n) is 9.16. The van der Waals surface area contributed by atoms with Crippen molar-refractivity contribution >= 4 is 29.1 Å². The van der Waals surface area contributed by atoms with E-state index in [1.165, 1.54) is 23.1 Å². The highest BCUT2D eigenvalue weighted by Crippen LogP contribution is 2.41. The van der Waals surface area contributed by atoms with Crippen LogP contribution < -0.4 is 0 Å². The van der Waals surface area contributed by atoms with E-state index >= 15 is 0 Å². The van der Waals surface area contributed by atoms with E-state index in [-0.39, 0.29) is 17.9 Å². The molecule has 1 saturated carbocycles. The number of amides is 2. The van der Waals surface area contributed by atoms with Crippen molar-refractivity contribution in [3.63, 3.8) is 0 Å². The van der Waals surface area contributed by atoms with E-state index in [9.17, 15) is 9.59 Å². The Labute approximate surface area is 158 Å². The standard InChI is InChI=1S/C22H21NO2S/c24-21-19(16-10-4-1-5-11-16)20(26-18-14-8-3-9-15-18)22(25)23(21)17-12-6-2-7-13-17/h1,3-5,8-11,14-15,17H,2,6-7,12-13H2. The molecule has 0 spiro atoms. The predicted octanol–water partition coefficient (Wildman–Crippen LogP) is 4.89. The van der Waals surface area contributed by atoms with Gasteiger partial charge in [0, 0.05) is 10.9 Å². The second-order valence-electron chi connectivity index (χ2n) is 6.76. The molecule has 2 amide bonds. The first kappa shape index (κ1) is 17.1. The lowest BCUT2D eigenvalue weighted by atomic mass is 9.94. The minimum Gasteiger partial charge on any atom is -0.271 e. The summed E-state index contributed by atoms with van der Waals surface area (Å²) in [4.78, 5) is 29.5. The molecule has 4 rings (SSSR count). The average Bonchev–Trinajstić information content (AvgIpc) is 2.94. The van der Waals surface area contributed by atoms with Crippen LogP contribution in [0.3, 0.4) is 0 Å². The quantitative estimate of drug-likeness (QED) is 0.726. The monoisotopic (exact) mass is 363 g/mol. The van der Waals surface area contributed by atoms with Crippen molar-refractivity contribution in [1.29, 1.82) is 0 Å². The van der Waals surface area contributed by atoms with Gasteiger partial charge in [-0.05, 0) is 30.5 Å². The molecule has 1 heterocycles. The van der Waals surface area contributed by atoms with E-state index < -0.39 is 0 Å². The number of benzene rings is 2. The van der Waals surface area contributed by atoms with Gasteiger partial charge in [-0.15, -0.1) is 0 Å². The molecule has 0 N–H and O–H groups in total. The zero-order valence-electron chi connectivity index (χ0n) is 14.6. The fourth-order valence-corrected chi connectivity index (χ4v) is 4.78. The molecule has 0 atom stereocenters. The molecule has 2 aliphatic rings. The van der Waals surface area contributed by atoms with Crippen molar-refractivity contribution < 1.29 is 9.59 Å². The number of rotatable bonds is 4. The normalized spacial score (nSPS) is 18.7. The Morgan fingerprint density at radius 3 is 2.04 bits per heavy atom. The predicted molar refractivity (Wildman–Crippen MR) is 104 cm³/mol. The third kappa shape index (κ3) is 3.21. The van der Waals surface area contributed by atoms with Crippen molar-refractivity contribution in [2.45, 2.75) is 43.0 Å². The van der Waals surface area contributed by atoms with Crippen molar-refractivity contribution in [3.8, 4) is 0 Å². The lowest BCUT2D eigenvalue weighted by molar-refractivity contribution is -0.139. The van der Waals surface area contributed by atoms with Crippen LogP contribution in [0.5, 0.6) is 0 Å². The number of hydrogen-bond acceptors (Lipinski definition) is 3. The SMILES string of the molecule is O=C1C(Sc2ccccc2)=C(c2ccccc2)C(=O)N1C1CCCCC1. The Morgan fingerprint density at radius 2 is 1.38 bits per heavy atom. The molecular formula is C22H21NO2S. The highest BCUT2D eigenvalue weighted by Gasteiger charge is 2.43. The molecule has 0 bridgehead atoms. The van der Waals surface area contributed by atoms with Crippen molar-refractivity contribution in [2.75, 3.05) is 0 Å².